The predicted molar refractivity (Wildman–Crippen MR) is 135 cm³/mol. The maximum atomic E-state index is 14.6. The molecule has 1 aliphatic rings. The first-order valence-corrected chi connectivity index (χ1v) is 14.4. The Labute approximate surface area is 213 Å². The summed E-state index contributed by atoms with van der Waals surface area (Å²) in [6, 6.07) is 7.16. The number of aryl methyl sites for hydroxylation is 2. The van der Waals surface area contributed by atoms with Gasteiger partial charge in [0.05, 0.1) is 19.9 Å². The van der Waals surface area contributed by atoms with Gasteiger partial charge in [-0.1, -0.05) is 18.2 Å². The Morgan fingerprint density at radius 3 is 2.42 bits per heavy atom. The summed E-state index contributed by atoms with van der Waals surface area (Å²) in [7, 11) is -4.05. The highest BCUT2D eigenvalue weighted by Crippen LogP contribution is 2.37. The molecule has 0 bridgehead atoms. The van der Waals surface area contributed by atoms with Crippen molar-refractivity contribution < 1.29 is 17.2 Å². The largest absolute Gasteiger partial charge is 0.348 e. The summed E-state index contributed by atoms with van der Waals surface area (Å²) >= 11 is 7.37. The van der Waals surface area contributed by atoms with Crippen LogP contribution in [0.1, 0.15) is 35.2 Å². The molecule has 1 aromatic heterocycles. The van der Waals surface area contributed by atoms with Crippen molar-refractivity contribution in [3.63, 3.8) is 0 Å². The molecule has 2 heterocycles. The van der Waals surface area contributed by atoms with Crippen molar-refractivity contribution in [3.8, 4) is 0 Å². The standard InChI is InChI=1S/C23H22Br2F2N2O2S2/c1-13-4-3-5-14(2)17(13)10-15-12-32-23(28-15)29-8-6-16(7-9-29)33(30,31)22-20(25)19(26)11-18(24)21(22)27/h3-5,11-12,16H,6-10H2,1-2H3. The van der Waals surface area contributed by atoms with Crippen molar-refractivity contribution in [2.45, 2.75) is 43.3 Å². The van der Waals surface area contributed by atoms with Crippen LogP contribution in [0.3, 0.4) is 0 Å². The third-order valence-electron chi connectivity index (χ3n) is 6.05. The fraction of sp³-hybridized carbons (Fsp3) is 0.348. The molecule has 4 rings (SSSR count). The number of aromatic nitrogens is 1. The molecular weight excluding hydrogens is 598 g/mol. The summed E-state index contributed by atoms with van der Waals surface area (Å²) in [6.45, 7) is 5.16. The maximum absolute atomic E-state index is 14.6. The van der Waals surface area contributed by atoms with Gasteiger partial charge in [0, 0.05) is 24.9 Å². The summed E-state index contributed by atoms with van der Waals surface area (Å²) in [5.41, 5.74) is 4.72. The molecule has 4 nitrogen and oxygen atoms in total. The van der Waals surface area contributed by atoms with Crippen LogP contribution in [0.25, 0.3) is 0 Å². The van der Waals surface area contributed by atoms with Gasteiger partial charge < -0.3 is 4.90 Å². The van der Waals surface area contributed by atoms with E-state index in [0.717, 1.165) is 23.3 Å². The summed E-state index contributed by atoms with van der Waals surface area (Å²) in [4.78, 5) is 6.23. The number of halogens is 4. The lowest BCUT2D eigenvalue weighted by Crippen LogP contribution is -2.39. The fourth-order valence-electron chi connectivity index (χ4n) is 4.16. The quantitative estimate of drug-likeness (QED) is 0.302. The molecule has 0 saturated carbocycles. The van der Waals surface area contributed by atoms with Crippen LogP contribution in [0.4, 0.5) is 13.9 Å². The normalized spacial score (nSPS) is 15.3. The topological polar surface area (TPSA) is 50.3 Å². The second-order valence-electron chi connectivity index (χ2n) is 8.20. The van der Waals surface area contributed by atoms with Gasteiger partial charge in [-0.25, -0.2) is 22.2 Å². The van der Waals surface area contributed by atoms with Crippen molar-refractivity contribution in [2.75, 3.05) is 18.0 Å². The minimum absolute atomic E-state index is 0.210. The molecule has 3 aromatic rings. The highest BCUT2D eigenvalue weighted by atomic mass is 79.9. The smallest absolute Gasteiger partial charge is 0.185 e. The Balaban J connectivity index is 1.48. The monoisotopic (exact) mass is 618 g/mol. The van der Waals surface area contributed by atoms with Gasteiger partial charge in [-0.15, -0.1) is 11.3 Å². The van der Waals surface area contributed by atoms with E-state index in [9.17, 15) is 17.2 Å². The lowest BCUT2D eigenvalue weighted by Gasteiger charge is -2.31. The Hall–Kier alpha value is -1.36. The minimum Gasteiger partial charge on any atom is -0.348 e. The predicted octanol–water partition coefficient (Wildman–Crippen LogP) is 6.60. The van der Waals surface area contributed by atoms with Gasteiger partial charge in [-0.2, -0.15) is 0 Å². The first kappa shape index (κ1) is 24.8. The molecule has 1 saturated heterocycles. The average Bonchev–Trinajstić information content (AvgIpc) is 3.24. The summed E-state index contributed by atoms with van der Waals surface area (Å²) in [6.07, 6.45) is 1.38. The van der Waals surface area contributed by atoms with Crippen molar-refractivity contribution in [2.24, 2.45) is 0 Å². The van der Waals surface area contributed by atoms with E-state index in [-0.39, 0.29) is 8.95 Å². The number of nitrogens with zero attached hydrogens (tertiary/aromatic N) is 2. The van der Waals surface area contributed by atoms with Crippen molar-refractivity contribution >= 4 is 58.2 Å². The summed E-state index contributed by atoms with van der Waals surface area (Å²) < 4.78 is 54.5. The van der Waals surface area contributed by atoms with Crippen LogP contribution in [0.2, 0.25) is 0 Å². The van der Waals surface area contributed by atoms with E-state index in [1.807, 2.05) is 11.4 Å². The van der Waals surface area contributed by atoms with Crippen LogP contribution in [0.5, 0.6) is 0 Å². The maximum Gasteiger partial charge on any atom is 0.185 e. The number of hydrogen-bond donors (Lipinski definition) is 0. The Kier molecular flexibility index (Phi) is 7.29. The Morgan fingerprint density at radius 1 is 1.15 bits per heavy atom. The molecule has 0 atom stereocenters. The first-order valence-electron chi connectivity index (χ1n) is 10.4. The van der Waals surface area contributed by atoms with Crippen LogP contribution in [0.15, 0.2) is 43.5 Å². The molecule has 0 unspecified atom stereocenters. The molecule has 0 aliphatic carbocycles. The molecule has 0 N–H and O–H groups in total. The number of thiazole rings is 1. The van der Waals surface area contributed by atoms with Crippen LogP contribution >= 0.6 is 43.2 Å². The molecular formula is C23H22Br2F2N2O2S2. The molecule has 0 amide bonds. The van der Waals surface area contributed by atoms with Gasteiger partial charge in [-0.05, 0) is 81.3 Å². The molecule has 1 fully saturated rings. The Morgan fingerprint density at radius 2 is 1.79 bits per heavy atom. The number of piperidine rings is 1. The Bertz CT molecular complexity index is 1260. The van der Waals surface area contributed by atoms with Crippen LogP contribution in [-0.2, 0) is 16.3 Å². The van der Waals surface area contributed by atoms with Crippen LogP contribution in [0, 0.1) is 25.5 Å². The molecule has 1 aliphatic heterocycles. The first-order chi connectivity index (χ1) is 15.6. The summed E-state index contributed by atoms with van der Waals surface area (Å²) in [5.74, 6) is -1.79. The van der Waals surface area contributed by atoms with E-state index < -0.39 is 31.6 Å². The van der Waals surface area contributed by atoms with Crippen molar-refractivity contribution in [3.05, 3.63) is 72.6 Å². The number of hydrogen-bond acceptors (Lipinski definition) is 5. The van der Waals surface area contributed by atoms with E-state index in [2.05, 4.69) is 62.7 Å². The fourth-order valence-corrected chi connectivity index (χ4v) is 8.40. The van der Waals surface area contributed by atoms with E-state index in [4.69, 9.17) is 4.98 Å². The van der Waals surface area contributed by atoms with E-state index in [0.29, 0.717) is 25.9 Å². The third kappa shape index (κ3) is 4.90. The molecule has 33 heavy (non-hydrogen) atoms. The second-order valence-corrected chi connectivity index (χ2v) is 12.8. The molecule has 0 radical (unpaired) electrons. The van der Waals surface area contributed by atoms with E-state index in [1.54, 1.807) is 11.3 Å². The second kappa shape index (κ2) is 9.71. The van der Waals surface area contributed by atoms with Gasteiger partial charge in [-0.3, -0.25) is 0 Å². The van der Waals surface area contributed by atoms with Crippen molar-refractivity contribution in [1.29, 1.82) is 0 Å². The van der Waals surface area contributed by atoms with Gasteiger partial charge in [0.15, 0.2) is 20.8 Å². The molecule has 10 heteroatoms. The average molecular weight is 620 g/mol. The van der Waals surface area contributed by atoms with Crippen LogP contribution < -0.4 is 4.90 Å². The number of anilines is 1. The molecule has 0 spiro atoms. The van der Waals surface area contributed by atoms with Gasteiger partial charge >= 0.3 is 0 Å². The van der Waals surface area contributed by atoms with Gasteiger partial charge in [0.1, 0.15) is 10.7 Å². The lowest BCUT2D eigenvalue weighted by atomic mass is 9.99. The SMILES string of the molecule is Cc1cccc(C)c1Cc1csc(N2CCC(S(=O)(=O)c3c(F)c(Br)cc(F)c3Br)CC2)n1. The number of sulfone groups is 1. The molecule has 176 valence electrons. The number of rotatable bonds is 5. The van der Waals surface area contributed by atoms with E-state index in [1.165, 1.54) is 16.7 Å². The van der Waals surface area contributed by atoms with Crippen molar-refractivity contribution in [1.82, 2.24) is 4.98 Å². The highest BCUT2D eigenvalue weighted by molar-refractivity contribution is 9.11. The zero-order chi connectivity index (χ0) is 23.9. The van der Waals surface area contributed by atoms with Crippen LogP contribution in [-0.4, -0.2) is 31.7 Å². The zero-order valence-corrected chi connectivity index (χ0v) is 22.8. The summed E-state index contributed by atoms with van der Waals surface area (Å²) in [5, 5.41) is 2.11. The third-order valence-corrected chi connectivity index (χ3v) is 10.9. The lowest BCUT2D eigenvalue weighted by molar-refractivity contribution is 0.512. The zero-order valence-electron chi connectivity index (χ0n) is 18.0. The molecule has 2 aromatic carbocycles. The van der Waals surface area contributed by atoms with Gasteiger partial charge in [0.25, 0.3) is 0 Å². The minimum atomic E-state index is -4.05. The van der Waals surface area contributed by atoms with E-state index >= 15 is 0 Å². The number of benzene rings is 2. The highest BCUT2D eigenvalue weighted by Gasteiger charge is 2.37. The van der Waals surface area contributed by atoms with Gasteiger partial charge in [0.2, 0.25) is 0 Å².